The third-order valence-corrected chi connectivity index (χ3v) is 3.04. The largest absolute Gasteiger partial charge is 0.236 e. The van der Waals surface area contributed by atoms with E-state index in [9.17, 15) is 5.26 Å². The monoisotopic (exact) mass is 251 g/mol. The van der Waals surface area contributed by atoms with E-state index in [1.54, 1.807) is 0 Å². The van der Waals surface area contributed by atoms with Gasteiger partial charge in [0.2, 0.25) is 0 Å². The van der Waals surface area contributed by atoms with Crippen LogP contribution in [0.2, 0.25) is 0 Å². The molecule has 0 aliphatic rings. The fourth-order valence-corrected chi connectivity index (χ4v) is 1.77. The molecule has 3 heteroatoms. The molecule has 0 saturated heterocycles. The minimum absolute atomic E-state index is 0.575. The highest BCUT2D eigenvalue weighted by Crippen LogP contribution is 2.23. The Bertz CT molecular complexity index is 634. The molecule has 19 heavy (non-hydrogen) atoms. The minimum Gasteiger partial charge on any atom is -0.236 e. The van der Waals surface area contributed by atoms with Crippen LogP contribution in [-0.4, -0.2) is 9.97 Å². The van der Waals surface area contributed by atoms with Crippen molar-refractivity contribution >= 4 is 0 Å². The van der Waals surface area contributed by atoms with Crippen LogP contribution in [0.5, 0.6) is 0 Å². The highest BCUT2D eigenvalue weighted by atomic mass is 14.9. The van der Waals surface area contributed by atoms with E-state index in [0.29, 0.717) is 5.82 Å². The third kappa shape index (κ3) is 2.79. The van der Waals surface area contributed by atoms with Gasteiger partial charge in [0.25, 0.3) is 0 Å². The number of rotatable bonds is 2. The zero-order chi connectivity index (χ0) is 14.0. The van der Waals surface area contributed by atoms with Crippen LogP contribution in [0.3, 0.4) is 0 Å². The van der Waals surface area contributed by atoms with Gasteiger partial charge < -0.3 is 0 Å². The van der Waals surface area contributed by atoms with Gasteiger partial charge in [0.05, 0.1) is 11.8 Å². The zero-order valence-electron chi connectivity index (χ0n) is 11.7. The molecule has 0 unspecified atom stereocenters. The maximum atomic E-state index is 9.21. The van der Waals surface area contributed by atoms with Crippen molar-refractivity contribution in [2.45, 2.75) is 33.1 Å². The molecule has 0 N–H and O–H groups in total. The molecule has 0 aliphatic heterocycles. The van der Waals surface area contributed by atoms with E-state index in [0.717, 1.165) is 17.0 Å². The average molecular weight is 251 g/mol. The lowest BCUT2D eigenvalue weighted by molar-refractivity contribution is 0.626. The van der Waals surface area contributed by atoms with Crippen molar-refractivity contribution in [3.05, 3.63) is 47.4 Å². The third-order valence-electron chi connectivity index (χ3n) is 3.04. The van der Waals surface area contributed by atoms with Gasteiger partial charge in [0.1, 0.15) is 11.2 Å². The van der Waals surface area contributed by atoms with Crippen molar-refractivity contribution in [3.8, 4) is 17.3 Å². The van der Waals surface area contributed by atoms with Gasteiger partial charge in [-0.25, -0.2) is 9.97 Å². The smallest absolute Gasteiger partial charge is 0.148 e. The number of hydrogen-bond donors (Lipinski definition) is 0. The SMILES string of the molecule is Cc1ccc(-c2cc(C)nc(C(C)(C)C#N)n2)cc1. The summed E-state index contributed by atoms with van der Waals surface area (Å²) in [4.78, 5) is 8.93. The molecule has 0 radical (unpaired) electrons. The second kappa shape index (κ2) is 4.81. The number of nitrogens with zero attached hydrogens (tertiary/aromatic N) is 3. The number of benzene rings is 1. The Morgan fingerprint density at radius 1 is 1.05 bits per heavy atom. The zero-order valence-corrected chi connectivity index (χ0v) is 11.7. The molecule has 2 aromatic rings. The molecule has 1 aromatic carbocycles. The van der Waals surface area contributed by atoms with E-state index >= 15 is 0 Å². The average Bonchev–Trinajstić information content (AvgIpc) is 2.39. The van der Waals surface area contributed by atoms with Crippen molar-refractivity contribution in [3.63, 3.8) is 0 Å². The Hall–Kier alpha value is -2.21. The Kier molecular flexibility index (Phi) is 3.35. The van der Waals surface area contributed by atoms with Gasteiger partial charge in [-0.1, -0.05) is 29.8 Å². The van der Waals surface area contributed by atoms with Crippen LogP contribution in [0.15, 0.2) is 30.3 Å². The molecule has 0 saturated carbocycles. The summed E-state index contributed by atoms with van der Waals surface area (Å²) in [5, 5.41) is 9.21. The van der Waals surface area contributed by atoms with Gasteiger partial charge >= 0.3 is 0 Å². The topological polar surface area (TPSA) is 49.6 Å². The number of nitriles is 1. The van der Waals surface area contributed by atoms with E-state index in [4.69, 9.17) is 0 Å². The number of hydrogen-bond acceptors (Lipinski definition) is 3. The maximum absolute atomic E-state index is 9.21. The van der Waals surface area contributed by atoms with Gasteiger partial charge in [-0.05, 0) is 33.8 Å². The molecule has 1 aromatic heterocycles. The lowest BCUT2D eigenvalue weighted by atomic mass is 9.94. The summed E-state index contributed by atoms with van der Waals surface area (Å²) in [6, 6.07) is 12.4. The molecule has 0 fully saturated rings. The number of aryl methyl sites for hydroxylation is 2. The minimum atomic E-state index is -0.675. The first-order chi connectivity index (χ1) is 8.92. The van der Waals surface area contributed by atoms with Crippen LogP contribution >= 0.6 is 0 Å². The summed E-state index contributed by atoms with van der Waals surface area (Å²) in [5.74, 6) is 0.575. The van der Waals surface area contributed by atoms with Crippen LogP contribution in [0.25, 0.3) is 11.3 Å². The lowest BCUT2D eigenvalue weighted by Gasteiger charge is -2.15. The standard InChI is InChI=1S/C16H17N3/c1-11-5-7-13(8-6-11)14-9-12(2)18-15(19-14)16(3,4)10-17/h5-9H,1-4H3. The normalized spacial score (nSPS) is 11.1. The van der Waals surface area contributed by atoms with Crippen molar-refractivity contribution < 1.29 is 0 Å². The molecule has 2 rings (SSSR count). The van der Waals surface area contributed by atoms with E-state index < -0.39 is 5.41 Å². The molecule has 0 spiro atoms. The van der Waals surface area contributed by atoms with Crippen LogP contribution in [-0.2, 0) is 5.41 Å². The molecule has 3 nitrogen and oxygen atoms in total. The van der Waals surface area contributed by atoms with Gasteiger partial charge in [-0.3, -0.25) is 0 Å². The summed E-state index contributed by atoms with van der Waals surface area (Å²) < 4.78 is 0. The fraction of sp³-hybridized carbons (Fsp3) is 0.312. The predicted molar refractivity (Wildman–Crippen MR) is 75.6 cm³/mol. The number of aromatic nitrogens is 2. The molecule has 0 bridgehead atoms. The molecular formula is C16H17N3. The Morgan fingerprint density at radius 2 is 1.68 bits per heavy atom. The first-order valence-electron chi connectivity index (χ1n) is 6.27. The van der Waals surface area contributed by atoms with Gasteiger partial charge in [-0.2, -0.15) is 5.26 Å². The summed E-state index contributed by atoms with van der Waals surface area (Å²) in [7, 11) is 0. The first kappa shape index (κ1) is 13.2. The Labute approximate surface area is 114 Å². The maximum Gasteiger partial charge on any atom is 0.148 e. The molecule has 1 heterocycles. The summed E-state index contributed by atoms with van der Waals surface area (Å²) in [6.07, 6.45) is 0. The van der Waals surface area contributed by atoms with Crippen LogP contribution in [0, 0.1) is 25.2 Å². The molecular weight excluding hydrogens is 234 g/mol. The van der Waals surface area contributed by atoms with Crippen molar-refractivity contribution in [2.75, 3.05) is 0 Å². The molecule has 0 amide bonds. The van der Waals surface area contributed by atoms with Crippen molar-refractivity contribution in [1.82, 2.24) is 9.97 Å². The highest BCUT2D eigenvalue weighted by molar-refractivity contribution is 5.60. The van der Waals surface area contributed by atoms with Gasteiger partial charge in [0, 0.05) is 11.3 Å². The Balaban J connectivity index is 2.54. The fourth-order valence-electron chi connectivity index (χ4n) is 1.77. The van der Waals surface area contributed by atoms with Gasteiger partial charge in [-0.15, -0.1) is 0 Å². The Morgan fingerprint density at radius 3 is 2.26 bits per heavy atom. The van der Waals surface area contributed by atoms with Crippen LogP contribution in [0.4, 0.5) is 0 Å². The van der Waals surface area contributed by atoms with Crippen LogP contribution in [0.1, 0.15) is 30.9 Å². The first-order valence-corrected chi connectivity index (χ1v) is 6.27. The summed E-state index contributed by atoms with van der Waals surface area (Å²) in [5.41, 5.74) is 3.33. The van der Waals surface area contributed by atoms with E-state index in [1.165, 1.54) is 5.56 Å². The van der Waals surface area contributed by atoms with Gasteiger partial charge in [0.15, 0.2) is 0 Å². The van der Waals surface area contributed by atoms with E-state index in [-0.39, 0.29) is 0 Å². The van der Waals surface area contributed by atoms with Crippen molar-refractivity contribution in [1.29, 1.82) is 5.26 Å². The molecule has 0 atom stereocenters. The quantitative estimate of drug-likeness (QED) is 0.820. The van der Waals surface area contributed by atoms with Crippen LogP contribution < -0.4 is 0 Å². The lowest BCUT2D eigenvalue weighted by Crippen LogP contribution is -2.19. The van der Waals surface area contributed by atoms with E-state index in [2.05, 4.69) is 35.1 Å². The second-order valence-electron chi connectivity index (χ2n) is 5.32. The summed E-state index contributed by atoms with van der Waals surface area (Å²) in [6.45, 7) is 7.65. The molecule has 0 aliphatic carbocycles. The molecule has 96 valence electrons. The second-order valence-corrected chi connectivity index (χ2v) is 5.32. The van der Waals surface area contributed by atoms with Crippen molar-refractivity contribution in [2.24, 2.45) is 0 Å². The highest BCUT2D eigenvalue weighted by Gasteiger charge is 2.24. The predicted octanol–water partition coefficient (Wildman–Crippen LogP) is 3.56. The van der Waals surface area contributed by atoms with E-state index in [1.807, 2.05) is 39.0 Å². The summed E-state index contributed by atoms with van der Waals surface area (Å²) >= 11 is 0.